The van der Waals surface area contributed by atoms with E-state index in [0.717, 1.165) is 42.9 Å². The first kappa shape index (κ1) is 23.6. The Labute approximate surface area is 207 Å². The second-order valence-corrected chi connectivity index (χ2v) is 9.63. The monoisotopic (exact) mass is 521 g/mol. The van der Waals surface area contributed by atoms with Gasteiger partial charge in [0.2, 0.25) is 5.88 Å². The first-order valence-corrected chi connectivity index (χ1v) is 11.6. The van der Waals surface area contributed by atoms with Gasteiger partial charge >= 0.3 is 12.1 Å². The smallest absolute Gasteiger partial charge is 0.473 e. The number of aromatic nitrogens is 2. The number of halogens is 5. The highest BCUT2D eigenvalue weighted by Crippen LogP contribution is 2.59. The lowest BCUT2D eigenvalue weighted by Gasteiger charge is -2.36. The Bertz CT molecular complexity index is 1430. The third-order valence-corrected chi connectivity index (χ3v) is 7.25. The van der Waals surface area contributed by atoms with Crippen LogP contribution in [0.2, 0.25) is 0 Å². The summed E-state index contributed by atoms with van der Waals surface area (Å²) in [6.07, 6.45) is -2.85. The Balaban J connectivity index is 1.17. The molecule has 3 aliphatic heterocycles. The predicted octanol–water partition coefficient (Wildman–Crippen LogP) is 5.16. The molecule has 7 nitrogen and oxygen atoms in total. The molecule has 1 spiro atoms. The lowest BCUT2D eigenvalue weighted by molar-refractivity contribution is -0.274. The normalized spacial score (nSPS) is 23.4. The lowest BCUT2D eigenvalue weighted by atomic mass is 9.72. The van der Waals surface area contributed by atoms with Gasteiger partial charge in [0, 0.05) is 18.2 Å². The number of nitrogens with zero attached hydrogens (tertiary/aromatic N) is 3. The Kier molecular flexibility index (Phi) is 5.15. The average molecular weight is 521 g/mol. The molecule has 2 bridgehead atoms. The molecule has 0 amide bonds. The van der Waals surface area contributed by atoms with Crippen LogP contribution in [0, 0.1) is 17.6 Å². The predicted molar refractivity (Wildman–Crippen MR) is 120 cm³/mol. The van der Waals surface area contributed by atoms with Crippen LogP contribution in [0.1, 0.15) is 25.3 Å². The molecule has 1 saturated carbocycles. The molecule has 3 aromatic rings. The maximum atomic E-state index is 14.7. The van der Waals surface area contributed by atoms with Crippen LogP contribution in [0.25, 0.3) is 0 Å². The second-order valence-electron chi connectivity index (χ2n) is 9.63. The number of hydrogen-bond acceptors (Lipinski definition) is 6. The van der Waals surface area contributed by atoms with E-state index < -0.39 is 35.2 Å². The Morgan fingerprint density at radius 1 is 1.08 bits per heavy atom. The van der Waals surface area contributed by atoms with Crippen molar-refractivity contribution >= 4 is 5.82 Å². The average Bonchev–Trinajstić information content (AvgIpc) is 3.37. The number of anilines is 1. The van der Waals surface area contributed by atoms with Gasteiger partial charge in [-0.3, -0.25) is 4.57 Å². The number of ether oxygens (including phenoxy) is 3. The summed E-state index contributed by atoms with van der Waals surface area (Å²) in [7, 11) is 0. The first-order valence-electron chi connectivity index (χ1n) is 11.6. The van der Waals surface area contributed by atoms with E-state index >= 15 is 0 Å². The number of hydrogen-bond donors (Lipinski definition) is 0. The molecule has 4 heterocycles. The number of fused-ring (bicyclic) bond motifs is 1. The number of alkyl halides is 3. The van der Waals surface area contributed by atoms with Crippen LogP contribution < -0.4 is 24.8 Å². The molecule has 0 N–H and O–H groups in total. The van der Waals surface area contributed by atoms with Crippen LogP contribution in [0.3, 0.4) is 0 Å². The molecule has 7 rings (SSSR count). The minimum Gasteiger partial charge on any atom is -0.473 e. The van der Waals surface area contributed by atoms with E-state index in [-0.39, 0.29) is 29.3 Å². The summed E-state index contributed by atoms with van der Waals surface area (Å²) >= 11 is 0. The van der Waals surface area contributed by atoms with Crippen molar-refractivity contribution in [2.45, 2.75) is 50.9 Å². The molecule has 1 atom stereocenters. The summed E-state index contributed by atoms with van der Waals surface area (Å²) in [5, 5.41) is 0. The van der Waals surface area contributed by atoms with E-state index in [9.17, 15) is 26.7 Å². The van der Waals surface area contributed by atoms with E-state index in [4.69, 9.17) is 9.47 Å². The molecule has 37 heavy (non-hydrogen) atoms. The van der Waals surface area contributed by atoms with E-state index in [2.05, 4.69) is 21.5 Å². The minimum atomic E-state index is -4.93. The van der Waals surface area contributed by atoms with Crippen LogP contribution in [-0.2, 0) is 13.2 Å². The summed E-state index contributed by atoms with van der Waals surface area (Å²) < 4.78 is 82.8. The second kappa shape index (κ2) is 8.09. The van der Waals surface area contributed by atoms with Gasteiger partial charge in [0.25, 0.3) is 0 Å². The molecule has 4 aliphatic rings. The van der Waals surface area contributed by atoms with Gasteiger partial charge in [-0.2, -0.15) is 4.98 Å². The highest BCUT2D eigenvalue weighted by Gasteiger charge is 2.63. The van der Waals surface area contributed by atoms with Crippen molar-refractivity contribution in [3.8, 4) is 23.1 Å². The number of rotatable bonds is 6. The third-order valence-electron chi connectivity index (χ3n) is 7.25. The third kappa shape index (κ3) is 4.04. The number of benzene rings is 2. The zero-order chi connectivity index (χ0) is 26.1. The molecule has 1 unspecified atom stereocenters. The summed E-state index contributed by atoms with van der Waals surface area (Å²) in [4.78, 5) is 18.8. The fourth-order valence-electron chi connectivity index (χ4n) is 5.75. The molecule has 1 aromatic heterocycles. The molecule has 3 fully saturated rings. The molecule has 1 aliphatic carbocycles. The van der Waals surface area contributed by atoms with Gasteiger partial charge in [0.05, 0.1) is 12.1 Å². The van der Waals surface area contributed by atoms with Gasteiger partial charge in [-0.05, 0) is 55.5 Å². The molecule has 194 valence electrons. The van der Waals surface area contributed by atoms with Crippen molar-refractivity contribution in [1.82, 2.24) is 9.55 Å². The van der Waals surface area contributed by atoms with Gasteiger partial charge in [0.15, 0.2) is 17.4 Å². The van der Waals surface area contributed by atoms with Gasteiger partial charge in [-0.25, -0.2) is 13.6 Å². The van der Waals surface area contributed by atoms with Gasteiger partial charge in [-0.1, -0.05) is 6.07 Å². The molecular formula is C25H20F5N3O4. The zero-order valence-electron chi connectivity index (χ0n) is 19.4. The summed E-state index contributed by atoms with van der Waals surface area (Å²) in [6.45, 7) is 2.45. The Hall–Kier alpha value is -3.83. The molecule has 12 heteroatoms. The minimum absolute atomic E-state index is 0.0307. The zero-order valence-corrected chi connectivity index (χ0v) is 19.4. The molecule has 0 radical (unpaired) electrons. The Morgan fingerprint density at radius 3 is 2.49 bits per heavy atom. The van der Waals surface area contributed by atoms with Gasteiger partial charge in [-0.15, -0.1) is 13.2 Å². The van der Waals surface area contributed by atoms with E-state index in [0.29, 0.717) is 18.5 Å². The van der Waals surface area contributed by atoms with E-state index in [1.165, 1.54) is 12.1 Å². The quantitative estimate of drug-likeness (QED) is 0.418. The fourth-order valence-corrected chi connectivity index (χ4v) is 5.75. The van der Waals surface area contributed by atoms with Crippen LogP contribution in [0.15, 0.2) is 47.3 Å². The SMILES string of the molecule is CC1C2CC3(C2)Cn2c(cc(OCc4cc(F)c(Oc5cccc(OC(F)(F)F)c5)c(F)c4)nc2=O)N13. The standard InChI is InChI=1S/C25H20F5N3O4/c1-13-15-9-24(10-15)12-32-21(33(13)24)8-20(31-23(32)34)35-11-14-5-18(26)22(19(27)6-14)36-16-3-2-4-17(7-16)37-25(28,29)30/h2-8,13,15H,9-12H2,1H3. The van der Waals surface area contributed by atoms with E-state index in [1.54, 1.807) is 10.6 Å². The Morgan fingerprint density at radius 2 is 1.78 bits per heavy atom. The van der Waals surface area contributed by atoms with Crippen LogP contribution in [0.5, 0.6) is 23.1 Å². The van der Waals surface area contributed by atoms with Gasteiger partial charge < -0.3 is 19.1 Å². The molecule has 2 saturated heterocycles. The topological polar surface area (TPSA) is 65.8 Å². The maximum absolute atomic E-state index is 14.7. The highest BCUT2D eigenvalue weighted by molar-refractivity contribution is 5.55. The van der Waals surface area contributed by atoms with Crippen molar-refractivity contribution in [3.63, 3.8) is 0 Å². The van der Waals surface area contributed by atoms with Crippen molar-refractivity contribution < 1.29 is 36.2 Å². The summed E-state index contributed by atoms with van der Waals surface area (Å²) in [6, 6.07) is 8.23. The van der Waals surface area contributed by atoms with Crippen molar-refractivity contribution in [2.24, 2.45) is 5.92 Å². The molecular weight excluding hydrogens is 501 g/mol. The molecule has 2 aromatic carbocycles. The van der Waals surface area contributed by atoms with Crippen molar-refractivity contribution in [2.75, 3.05) is 4.90 Å². The fraction of sp³-hybridized carbons (Fsp3) is 0.360. The van der Waals surface area contributed by atoms with Crippen LogP contribution >= 0.6 is 0 Å². The highest BCUT2D eigenvalue weighted by atomic mass is 19.4. The van der Waals surface area contributed by atoms with Crippen molar-refractivity contribution in [1.29, 1.82) is 0 Å². The van der Waals surface area contributed by atoms with Crippen LogP contribution in [0.4, 0.5) is 27.8 Å². The van der Waals surface area contributed by atoms with Gasteiger partial charge in [0.1, 0.15) is 23.9 Å². The maximum Gasteiger partial charge on any atom is 0.573 e. The lowest BCUT2D eigenvalue weighted by Crippen LogP contribution is -2.45. The summed E-state index contributed by atoms with van der Waals surface area (Å²) in [5.74, 6) is -2.43. The van der Waals surface area contributed by atoms with E-state index in [1.807, 2.05) is 0 Å². The largest absolute Gasteiger partial charge is 0.573 e. The summed E-state index contributed by atoms with van der Waals surface area (Å²) in [5.41, 5.74) is -0.367. The van der Waals surface area contributed by atoms with Crippen LogP contribution in [-0.4, -0.2) is 27.5 Å². The first-order chi connectivity index (χ1) is 17.5. The van der Waals surface area contributed by atoms with Crippen molar-refractivity contribution in [3.05, 3.63) is 70.1 Å².